The van der Waals surface area contributed by atoms with Gasteiger partial charge in [-0.05, 0) is 36.5 Å². The van der Waals surface area contributed by atoms with Gasteiger partial charge in [-0.25, -0.2) is 4.39 Å². The van der Waals surface area contributed by atoms with Crippen LogP contribution in [0.15, 0.2) is 18.3 Å². The molecular weight excluding hydrogens is 165 g/mol. The second-order valence-corrected chi connectivity index (χ2v) is 4.09. The van der Waals surface area contributed by atoms with Crippen LogP contribution in [0.1, 0.15) is 43.9 Å². The van der Waals surface area contributed by atoms with E-state index in [-0.39, 0.29) is 0 Å². The molecule has 0 amide bonds. The molecule has 0 aliphatic heterocycles. The van der Waals surface area contributed by atoms with Gasteiger partial charge in [0.05, 0.1) is 5.69 Å². The molecule has 0 radical (unpaired) electrons. The van der Waals surface area contributed by atoms with Gasteiger partial charge in [0.2, 0.25) is 0 Å². The van der Waals surface area contributed by atoms with Gasteiger partial charge in [0, 0.05) is 6.20 Å². The molecule has 2 heteroatoms. The van der Waals surface area contributed by atoms with Crippen molar-refractivity contribution in [2.75, 3.05) is 0 Å². The van der Waals surface area contributed by atoms with Crippen molar-refractivity contribution < 1.29 is 4.39 Å². The maximum atomic E-state index is 13.6. The van der Waals surface area contributed by atoms with Gasteiger partial charge in [-0.1, -0.05) is 13.8 Å². The smallest absolute Gasteiger partial charge is 0.153 e. The first kappa shape index (κ1) is 8.67. The lowest BCUT2D eigenvalue weighted by Crippen LogP contribution is -2.02. The van der Waals surface area contributed by atoms with E-state index in [1.807, 2.05) is 12.1 Å². The molecule has 0 aromatic carbocycles. The standard InChI is InChI=1S/C11H14FN/c1-8(2)9-3-6-13-10(7-9)11(12)4-5-11/h3,6-8H,4-5H2,1-2H3. The van der Waals surface area contributed by atoms with Gasteiger partial charge in [-0.3, -0.25) is 4.98 Å². The maximum absolute atomic E-state index is 13.6. The van der Waals surface area contributed by atoms with Gasteiger partial charge < -0.3 is 0 Å². The summed E-state index contributed by atoms with van der Waals surface area (Å²) in [5, 5.41) is 0. The minimum absolute atomic E-state index is 0.448. The van der Waals surface area contributed by atoms with Crippen LogP contribution in [0.2, 0.25) is 0 Å². The number of rotatable bonds is 2. The Balaban J connectivity index is 2.33. The maximum Gasteiger partial charge on any atom is 0.153 e. The van der Waals surface area contributed by atoms with Crippen molar-refractivity contribution in [3.8, 4) is 0 Å². The van der Waals surface area contributed by atoms with E-state index >= 15 is 0 Å². The summed E-state index contributed by atoms with van der Waals surface area (Å²) in [7, 11) is 0. The topological polar surface area (TPSA) is 12.9 Å². The van der Waals surface area contributed by atoms with E-state index in [1.165, 1.54) is 5.56 Å². The Kier molecular flexibility index (Phi) is 1.86. The fourth-order valence-corrected chi connectivity index (χ4v) is 1.42. The largest absolute Gasteiger partial charge is 0.258 e. The Labute approximate surface area is 78.0 Å². The molecule has 1 aromatic rings. The molecule has 1 nitrogen and oxygen atoms in total. The molecule has 0 bridgehead atoms. The zero-order chi connectivity index (χ0) is 9.47. The van der Waals surface area contributed by atoms with Crippen molar-refractivity contribution in [2.24, 2.45) is 0 Å². The summed E-state index contributed by atoms with van der Waals surface area (Å²) in [6, 6.07) is 3.86. The van der Waals surface area contributed by atoms with Crippen LogP contribution in [-0.2, 0) is 5.67 Å². The number of hydrogen-bond acceptors (Lipinski definition) is 1. The monoisotopic (exact) mass is 179 g/mol. The average Bonchev–Trinajstić information content (AvgIpc) is 2.85. The molecule has 2 rings (SSSR count). The second kappa shape index (κ2) is 2.79. The molecule has 1 aliphatic carbocycles. The summed E-state index contributed by atoms with van der Waals surface area (Å²) in [4.78, 5) is 4.08. The molecule has 13 heavy (non-hydrogen) atoms. The number of aromatic nitrogens is 1. The highest BCUT2D eigenvalue weighted by molar-refractivity contribution is 5.26. The van der Waals surface area contributed by atoms with Crippen molar-refractivity contribution in [1.29, 1.82) is 0 Å². The number of alkyl halides is 1. The summed E-state index contributed by atoms with van der Waals surface area (Å²) >= 11 is 0. The predicted molar refractivity (Wildman–Crippen MR) is 50.3 cm³/mol. The molecule has 1 aromatic heterocycles. The van der Waals surface area contributed by atoms with Crippen LogP contribution in [0.3, 0.4) is 0 Å². The van der Waals surface area contributed by atoms with Crippen LogP contribution in [0.4, 0.5) is 4.39 Å². The number of halogens is 1. The van der Waals surface area contributed by atoms with E-state index in [0.29, 0.717) is 24.5 Å². The Morgan fingerprint density at radius 2 is 2.15 bits per heavy atom. The van der Waals surface area contributed by atoms with Crippen molar-refractivity contribution in [1.82, 2.24) is 4.98 Å². The van der Waals surface area contributed by atoms with Crippen molar-refractivity contribution in [3.05, 3.63) is 29.6 Å². The molecule has 1 heterocycles. The first-order chi connectivity index (χ1) is 6.12. The van der Waals surface area contributed by atoms with Crippen LogP contribution in [0, 0.1) is 0 Å². The average molecular weight is 179 g/mol. The van der Waals surface area contributed by atoms with Crippen LogP contribution >= 0.6 is 0 Å². The van der Waals surface area contributed by atoms with Crippen LogP contribution in [-0.4, -0.2) is 4.98 Å². The zero-order valence-electron chi connectivity index (χ0n) is 8.05. The van der Waals surface area contributed by atoms with Crippen molar-refractivity contribution in [3.63, 3.8) is 0 Å². The van der Waals surface area contributed by atoms with E-state index in [2.05, 4.69) is 18.8 Å². The Morgan fingerprint density at radius 3 is 2.69 bits per heavy atom. The first-order valence-corrected chi connectivity index (χ1v) is 4.77. The Bertz CT molecular complexity index is 316. The Morgan fingerprint density at radius 1 is 1.46 bits per heavy atom. The van der Waals surface area contributed by atoms with Gasteiger partial charge in [-0.2, -0.15) is 0 Å². The van der Waals surface area contributed by atoms with Crippen molar-refractivity contribution >= 4 is 0 Å². The van der Waals surface area contributed by atoms with E-state index in [9.17, 15) is 4.39 Å². The lowest BCUT2D eigenvalue weighted by atomic mass is 10.0. The highest BCUT2D eigenvalue weighted by Crippen LogP contribution is 2.48. The minimum Gasteiger partial charge on any atom is -0.258 e. The van der Waals surface area contributed by atoms with Gasteiger partial charge in [0.15, 0.2) is 5.67 Å². The van der Waals surface area contributed by atoms with Crippen molar-refractivity contribution in [2.45, 2.75) is 38.3 Å². The normalized spacial score (nSPS) is 19.1. The summed E-state index contributed by atoms with van der Waals surface area (Å²) in [6.45, 7) is 4.22. The highest BCUT2D eigenvalue weighted by Gasteiger charge is 2.46. The third kappa shape index (κ3) is 1.58. The quantitative estimate of drug-likeness (QED) is 0.679. The van der Waals surface area contributed by atoms with Gasteiger partial charge >= 0.3 is 0 Å². The molecule has 1 fully saturated rings. The number of nitrogens with zero attached hydrogens (tertiary/aromatic N) is 1. The molecule has 0 saturated heterocycles. The van der Waals surface area contributed by atoms with Gasteiger partial charge in [0.1, 0.15) is 0 Å². The SMILES string of the molecule is CC(C)c1ccnc(C2(F)CC2)c1. The second-order valence-electron chi connectivity index (χ2n) is 4.09. The van der Waals surface area contributed by atoms with E-state index in [4.69, 9.17) is 0 Å². The van der Waals surface area contributed by atoms with E-state index < -0.39 is 5.67 Å². The lowest BCUT2D eigenvalue weighted by molar-refractivity contribution is 0.309. The molecule has 0 N–H and O–H groups in total. The molecule has 0 unspecified atom stereocenters. The Hall–Kier alpha value is -0.920. The van der Waals surface area contributed by atoms with E-state index in [0.717, 1.165) is 0 Å². The number of pyridine rings is 1. The summed E-state index contributed by atoms with van der Waals surface area (Å²) in [6.07, 6.45) is 2.99. The molecule has 70 valence electrons. The summed E-state index contributed by atoms with van der Waals surface area (Å²) in [5.74, 6) is 0.448. The first-order valence-electron chi connectivity index (χ1n) is 4.77. The predicted octanol–water partition coefficient (Wildman–Crippen LogP) is 3.16. The van der Waals surface area contributed by atoms with Crippen LogP contribution < -0.4 is 0 Å². The molecular formula is C11H14FN. The van der Waals surface area contributed by atoms with Gasteiger partial charge in [-0.15, -0.1) is 0 Å². The minimum atomic E-state index is -1.09. The van der Waals surface area contributed by atoms with Crippen LogP contribution in [0.25, 0.3) is 0 Å². The third-order valence-electron chi connectivity index (χ3n) is 2.60. The lowest BCUT2D eigenvalue weighted by Gasteiger charge is -2.08. The number of hydrogen-bond donors (Lipinski definition) is 0. The van der Waals surface area contributed by atoms with Gasteiger partial charge in [0.25, 0.3) is 0 Å². The zero-order valence-corrected chi connectivity index (χ0v) is 8.05. The molecule has 1 saturated carbocycles. The molecule has 0 spiro atoms. The fourth-order valence-electron chi connectivity index (χ4n) is 1.42. The highest BCUT2D eigenvalue weighted by atomic mass is 19.1. The summed E-state index contributed by atoms with van der Waals surface area (Å²) in [5.41, 5.74) is 0.706. The fraction of sp³-hybridized carbons (Fsp3) is 0.545. The third-order valence-corrected chi connectivity index (χ3v) is 2.60. The summed E-state index contributed by atoms with van der Waals surface area (Å²) < 4.78 is 13.6. The molecule has 1 aliphatic rings. The molecule has 0 atom stereocenters. The van der Waals surface area contributed by atoms with E-state index in [1.54, 1.807) is 6.20 Å². The van der Waals surface area contributed by atoms with Crippen LogP contribution in [0.5, 0.6) is 0 Å².